The summed E-state index contributed by atoms with van der Waals surface area (Å²) in [6.45, 7) is 3.37. The van der Waals surface area contributed by atoms with E-state index < -0.39 is 0 Å². The van der Waals surface area contributed by atoms with E-state index in [9.17, 15) is 0 Å². The van der Waals surface area contributed by atoms with Gasteiger partial charge < -0.3 is 10.3 Å². The molecule has 1 fully saturated rings. The van der Waals surface area contributed by atoms with E-state index in [1.807, 2.05) is 12.4 Å². The van der Waals surface area contributed by atoms with E-state index in [0.717, 1.165) is 29.8 Å². The number of para-hydroxylation sites is 1. The Kier molecular flexibility index (Phi) is 2.91. The first-order chi connectivity index (χ1) is 11.7. The van der Waals surface area contributed by atoms with E-state index in [-0.39, 0.29) is 0 Å². The summed E-state index contributed by atoms with van der Waals surface area (Å²) in [5.41, 5.74) is 5.63. The van der Waals surface area contributed by atoms with Crippen LogP contribution in [0.1, 0.15) is 18.4 Å². The molecule has 0 radical (unpaired) electrons. The predicted octanol–water partition coefficient (Wildman–Crippen LogP) is 3.47. The molecule has 2 aromatic heterocycles. The highest BCUT2D eigenvalue weighted by Gasteiger charge is 2.53. The first kappa shape index (κ1) is 14.2. The lowest BCUT2D eigenvalue weighted by atomic mass is 9.75. The van der Waals surface area contributed by atoms with Gasteiger partial charge in [0.2, 0.25) is 0 Å². The molecular formula is C20H23N4+. The normalized spacial score (nSPS) is 25.2. The van der Waals surface area contributed by atoms with Crippen LogP contribution in [0.5, 0.6) is 0 Å². The van der Waals surface area contributed by atoms with Gasteiger partial charge in [-0.05, 0) is 38.1 Å². The average Bonchev–Trinajstić information content (AvgIpc) is 3.19. The molecule has 1 atom stereocenters. The molecule has 24 heavy (non-hydrogen) atoms. The standard InChI is InChI=1S/C20H23N4/c1-24(17-7-11-23-19-15(17)6-10-22-19)14-20(8-12-21-13-9-20)16-4-2-3-5-18(16)24/h2-7,10-11,21H,8-9,12-14H2,1H3,(H,22,23)/q+1. The zero-order valence-electron chi connectivity index (χ0n) is 14.0. The van der Waals surface area contributed by atoms with Crippen molar-refractivity contribution in [3.8, 4) is 0 Å². The molecule has 1 saturated heterocycles. The number of rotatable bonds is 1. The van der Waals surface area contributed by atoms with Crippen molar-refractivity contribution in [3.05, 3.63) is 54.4 Å². The van der Waals surface area contributed by atoms with Crippen LogP contribution in [0, 0.1) is 0 Å². The van der Waals surface area contributed by atoms with Crippen LogP contribution in [0.25, 0.3) is 11.0 Å². The van der Waals surface area contributed by atoms with Gasteiger partial charge in [-0.2, -0.15) is 0 Å². The molecule has 4 nitrogen and oxygen atoms in total. The molecule has 2 aliphatic heterocycles. The summed E-state index contributed by atoms with van der Waals surface area (Å²) in [6, 6.07) is 13.4. The summed E-state index contributed by atoms with van der Waals surface area (Å²) >= 11 is 0. The van der Waals surface area contributed by atoms with Crippen LogP contribution >= 0.6 is 0 Å². The minimum atomic E-state index is 0.294. The number of H-pyrrole nitrogens is 1. The predicted molar refractivity (Wildman–Crippen MR) is 98.6 cm³/mol. The van der Waals surface area contributed by atoms with Crippen molar-refractivity contribution in [2.24, 2.45) is 0 Å². The maximum absolute atomic E-state index is 4.49. The van der Waals surface area contributed by atoms with Crippen LogP contribution in [-0.2, 0) is 5.41 Å². The summed E-state index contributed by atoms with van der Waals surface area (Å²) < 4.78 is 0.868. The molecule has 122 valence electrons. The molecular weight excluding hydrogens is 296 g/mol. The minimum Gasteiger partial charge on any atom is -0.346 e. The van der Waals surface area contributed by atoms with Crippen molar-refractivity contribution in [1.29, 1.82) is 0 Å². The number of pyridine rings is 1. The van der Waals surface area contributed by atoms with Crippen molar-refractivity contribution in [1.82, 2.24) is 19.8 Å². The number of fused-ring (bicyclic) bond motifs is 3. The first-order valence-electron chi connectivity index (χ1n) is 8.82. The number of piperidine rings is 1. The molecule has 5 rings (SSSR count). The molecule has 4 heteroatoms. The third-order valence-corrected chi connectivity index (χ3v) is 6.16. The fourth-order valence-electron chi connectivity index (χ4n) is 5.05. The monoisotopic (exact) mass is 319 g/mol. The Labute approximate surface area is 142 Å². The SMILES string of the molecule is C[N+]1(c2ccnc3[nH]ccc23)CC2(CCNCC2)c2ccccc21. The fourth-order valence-corrected chi connectivity index (χ4v) is 5.05. The lowest BCUT2D eigenvalue weighted by Gasteiger charge is -2.36. The second kappa shape index (κ2) is 4.91. The van der Waals surface area contributed by atoms with Gasteiger partial charge in [-0.1, -0.05) is 18.2 Å². The number of hydrogen-bond acceptors (Lipinski definition) is 2. The molecule has 2 N–H and O–H groups in total. The van der Waals surface area contributed by atoms with Gasteiger partial charge in [-0.25, -0.2) is 4.98 Å². The summed E-state index contributed by atoms with van der Waals surface area (Å²) in [7, 11) is 2.37. The lowest BCUT2D eigenvalue weighted by molar-refractivity contribution is 0.277. The Balaban J connectivity index is 1.75. The summed E-state index contributed by atoms with van der Waals surface area (Å²) in [6.07, 6.45) is 6.38. The first-order valence-corrected chi connectivity index (χ1v) is 8.82. The Hall–Kier alpha value is -2.17. The van der Waals surface area contributed by atoms with E-state index in [1.54, 1.807) is 5.56 Å². The van der Waals surface area contributed by atoms with Crippen LogP contribution < -0.4 is 9.80 Å². The van der Waals surface area contributed by atoms with Crippen LogP contribution in [0.2, 0.25) is 0 Å². The number of likely N-dealkylation sites (N-methyl/N-ethyl adjacent to an activating group) is 1. The van der Waals surface area contributed by atoms with Crippen LogP contribution in [0.15, 0.2) is 48.8 Å². The van der Waals surface area contributed by atoms with E-state index in [0.29, 0.717) is 5.41 Å². The van der Waals surface area contributed by atoms with Gasteiger partial charge in [0.1, 0.15) is 17.0 Å². The number of quaternary nitrogens is 1. The molecule has 0 bridgehead atoms. The average molecular weight is 319 g/mol. The number of benzene rings is 1. The number of nitrogens with zero attached hydrogens (tertiary/aromatic N) is 2. The molecule has 1 unspecified atom stereocenters. The van der Waals surface area contributed by atoms with Gasteiger partial charge in [0.15, 0.2) is 0 Å². The molecule has 0 saturated carbocycles. The molecule has 3 aromatic rings. The van der Waals surface area contributed by atoms with Crippen LogP contribution in [-0.4, -0.2) is 36.6 Å². The topological polar surface area (TPSA) is 40.7 Å². The highest BCUT2D eigenvalue weighted by molar-refractivity contribution is 5.91. The van der Waals surface area contributed by atoms with Gasteiger partial charge in [-0.3, -0.25) is 4.48 Å². The Bertz CT molecular complexity index is 907. The molecule has 1 spiro atoms. The third kappa shape index (κ3) is 1.78. The second-order valence-electron chi connectivity index (χ2n) is 7.47. The van der Waals surface area contributed by atoms with Crippen molar-refractivity contribution in [3.63, 3.8) is 0 Å². The quantitative estimate of drug-likeness (QED) is 0.674. The fraction of sp³-hybridized carbons (Fsp3) is 0.350. The number of nitrogens with one attached hydrogen (secondary N) is 2. The minimum absolute atomic E-state index is 0.294. The van der Waals surface area contributed by atoms with Crippen molar-refractivity contribution >= 4 is 22.4 Å². The number of aromatic nitrogens is 2. The number of aromatic amines is 1. The number of hydrogen-bond donors (Lipinski definition) is 2. The van der Waals surface area contributed by atoms with Crippen LogP contribution in [0.3, 0.4) is 0 Å². The van der Waals surface area contributed by atoms with Gasteiger partial charge in [-0.15, -0.1) is 0 Å². The van der Waals surface area contributed by atoms with E-state index >= 15 is 0 Å². The van der Waals surface area contributed by atoms with E-state index in [4.69, 9.17) is 0 Å². The van der Waals surface area contributed by atoms with E-state index in [2.05, 4.69) is 58.7 Å². The third-order valence-electron chi connectivity index (χ3n) is 6.16. The lowest BCUT2D eigenvalue weighted by Crippen LogP contribution is -2.48. The second-order valence-corrected chi connectivity index (χ2v) is 7.47. The summed E-state index contributed by atoms with van der Waals surface area (Å²) in [5.74, 6) is 0. The highest BCUT2D eigenvalue weighted by atomic mass is 15.4. The Morgan fingerprint density at radius 2 is 1.88 bits per heavy atom. The van der Waals surface area contributed by atoms with Gasteiger partial charge in [0.25, 0.3) is 0 Å². The molecule has 4 heterocycles. The van der Waals surface area contributed by atoms with Crippen LogP contribution in [0.4, 0.5) is 11.4 Å². The zero-order chi connectivity index (χ0) is 16.2. The molecule has 0 amide bonds. The van der Waals surface area contributed by atoms with Gasteiger partial charge in [0.05, 0.1) is 24.4 Å². The maximum Gasteiger partial charge on any atom is 0.150 e. The largest absolute Gasteiger partial charge is 0.346 e. The summed E-state index contributed by atoms with van der Waals surface area (Å²) in [5, 5.41) is 4.77. The highest BCUT2D eigenvalue weighted by Crippen LogP contribution is 2.53. The molecule has 1 aromatic carbocycles. The maximum atomic E-state index is 4.49. The summed E-state index contributed by atoms with van der Waals surface area (Å²) in [4.78, 5) is 7.75. The van der Waals surface area contributed by atoms with Crippen molar-refractivity contribution in [2.75, 3.05) is 26.7 Å². The molecule has 0 aliphatic carbocycles. The van der Waals surface area contributed by atoms with Crippen molar-refractivity contribution in [2.45, 2.75) is 18.3 Å². The molecule has 2 aliphatic rings. The zero-order valence-corrected chi connectivity index (χ0v) is 14.0. The Morgan fingerprint density at radius 3 is 2.75 bits per heavy atom. The van der Waals surface area contributed by atoms with Gasteiger partial charge >= 0.3 is 0 Å². The smallest absolute Gasteiger partial charge is 0.150 e. The van der Waals surface area contributed by atoms with Gasteiger partial charge in [0, 0.05) is 24.0 Å². The van der Waals surface area contributed by atoms with Crippen molar-refractivity contribution < 1.29 is 0 Å². The Morgan fingerprint density at radius 1 is 1.04 bits per heavy atom. The van der Waals surface area contributed by atoms with E-state index in [1.165, 1.54) is 29.6 Å².